The van der Waals surface area contributed by atoms with Gasteiger partial charge in [0.15, 0.2) is 0 Å². The van der Waals surface area contributed by atoms with Crippen molar-refractivity contribution in [1.29, 1.82) is 0 Å². The Bertz CT molecular complexity index is 317. The molecule has 1 aromatic carbocycles. The van der Waals surface area contributed by atoms with Crippen molar-refractivity contribution in [2.24, 2.45) is 5.41 Å². The molecule has 2 nitrogen and oxygen atoms in total. The van der Waals surface area contributed by atoms with E-state index in [0.717, 1.165) is 13.1 Å². The molecule has 0 radical (unpaired) electrons. The van der Waals surface area contributed by atoms with Crippen molar-refractivity contribution in [3.63, 3.8) is 0 Å². The number of rotatable bonds is 6. The summed E-state index contributed by atoms with van der Waals surface area (Å²) in [6.07, 6.45) is 2.76. The lowest BCUT2D eigenvalue weighted by atomic mass is 10.0. The lowest BCUT2D eigenvalue weighted by Crippen LogP contribution is -2.36. The maximum Gasteiger partial charge on any atom is 0.0340 e. The molecule has 0 bridgehead atoms. The van der Waals surface area contributed by atoms with E-state index < -0.39 is 0 Å². The van der Waals surface area contributed by atoms with Gasteiger partial charge in [-0.2, -0.15) is 0 Å². The first-order valence-electron chi connectivity index (χ1n) is 6.23. The molecule has 88 valence electrons. The summed E-state index contributed by atoms with van der Waals surface area (Å²) >= 11 is 0. The molecule has 16 heavy (non-hydrogen) atoms. The van der Waals surface area contributed by atoms with Crippen LogP contribution < -0.4 is 10.6 Å². The normalized spacial score (nSPS) is 19.1. The number of nitrogens with one attached hydrogen (secondary N) is 2. The van der Waals surface area contributed by atoms with Gasteiger partial charge in [-0.05, 0) is 37.3 Å². The number of hydrogen-bond acceptors (Lipinski definition) is 2. The highest BCUT2D eigenvalue weighted by molar-refractivity contribution is 5.42. The largest absolute Gasteiger partial charge is 0.384 e. The van der Waals surface area contributed by atoms with Gasteiger partial charge in [-0.3, -0.25) is 0 Å². The monoisotopic (exact) mass is 218 g/mol. The Balaban J connectivity index is 1.62. The van der Waals surface area contributed by atoms with Crippen LogP contribution >= 0.6 is 0 Å². The predicted molar refractivity (Wildman–Crippen MR) is 69.7 cm³/mol. The molecule has 1 aliphatic rings. The van der Waals surface area contributed by atoms with Crippen LogP contribution in [0.5, 0.6) is 0 Å². The van der Waals surface area contributed by atoms with Crippen LogP contribution in [0.25, 0.3) is 0 Å². The second-order valence-corrected chi connectivity index (χ2v) is 5.12. The lowest BCUT2D eigenvalue weighted by Gasteiger charge is -2.20. The number of para-hydroxylation sites is 1. The molecule has 0 spiro atoms. The minimum Gasteiger partial charge on any atom is -0.384 e. The number of anilines is 1. The van der Waals surface area contributed by atoms with E-state index in [4.69, 9.17) is 0 Å². The fraction of sp³-hybridized carbons (Fsp3) is 0.571. The Morgan fingerprint density at radius 3 is 2.50 bits per heavy atom. The topological polar surface area (TPSA) is 24.1 Å². The zero-order valence-corrected chi connectivity index (χ0v) is 10.3. The van der Waals surface area contributed by atoms with E-state index >= 15 is 0 Å². The molecule has 0 saturated heterocycles. The number of benzene rings is 1. The van der Waals surface area contributed by atoms with E-state index in [-0.39, 0.29) is 0 Å². The number of hydrogen-bond donors (Lipinski definition) is 2. The molecule has 1 atom stereocenters. The molecule has 1 unspecified atom stereocenters. The first-order chi connectivity index (χ1) is 7.71. The Morgan fingerprint density at radius 1 is 1.19 bits per heavy atom. The fourth-order valence-corrected chi connectivity index (χ4v) is 1.93. The molecule has 0 aromatic heterocycles. The highest BCUT2D eigenvalue weighted by Crippen LogP contribution is 2.47. The van der Waals surface area contributed by atoms with Gasteiger partial charge in [-0.25, -0.2) is 0 Å². The van der Waals surface area contributed by atoms with Crippen molar-refractivity contribution in [2.75, 3.05) is 18.4 Å². The van der Waals surface area contributed by atoms with Gasteiger partial charge in [-0.1, -0.05) is 25.1 Å². The summed E-state index contributed by atoms with van der Waals surface area (Å²) in [6, 6.07) is 11.0. The molecular formula is C14H22N2. The molecule has 1 aromatic rings. The summed E-state index contributed by atoms with van der Waals surface area (Å²) in [4.78, 5) is 0. The average molecular weight is 218 g/mol. The highest BCUT2D eigenvalue weighted by Gasteiger charge is 2.41. The molecular weight excluding hydrogens is 196 g/mol. The summed E-state index contributed by atoms with van der Waals surface area (Å²) in [7, 11) is 0. The second-order valence-electron chi connectivity index (χ2n) is 5.12. The molecule has 0 amide bonds. The molecule has 2 rings (SSSR count). The van der Waals surface area contributed by atoms with E-state index in [2.05, 4.69) is 48.7 Å². The zero-order valence-electron chi connectivity index (χ0n) is 10.3. The zero-order chi connectivity index (χ0) is 11.4. The van der Waals surface area contributed by atoms with Crippen molar-refractivity contribution < 1.29 is 0 Å². The Hall–Kier alpha value is -1.02. The maximum absolute atomic E-state index is 3.59. The quantitative estimate of drug-likeness (QED) is 0.717. The van der Waals surface area contributed by atoms with Crippen LogP contribution in [0.4, 0.5) is 5.69 Å². The fourth-order valence-electron chi connectivity index (χ4n) is 1.93. The second kappa shape index (κ2) is 4.88. The summed E-state index contributed by atoms with van der Waals surface area (Å²) in [5, 5.41) is 7.00. The molecule has 1 saturated carbocycles. The molecule has 1 fully saturated rings. The van der Waals surface area contributed by atoms with Crippen LogP contribution in [0.1, 0.15) is 26.7 Å². The minimum absolute atomic E-state index is 0.576. The van der Waals surface area contributed by atoms with Crippen molar-refractivity contribution in [1.82, 2.24) is 5.32 Å². The third kappa shape index (κ3) is 2.99. The average Bonchev–Trinajstić information content (AvgIpc) is 3.05. The van der Waals surface area contributed by atoms with Crippen LogP contribution in [0.3, 0.4) is 0 Å². The summed E-state index contributed by atoms with van der Waals surface area (Å²) in [5.74, 6) is 0. The van der Waals surface area contributed by atoms with Crippen molar-refractivity contribution in [3.8, 4) is 0 Å². The molecule has 0 aliphatic heterocycles. The van der Waals surface area contributed by atoms with Crippen molar-refractivity contribution in [2.45, 2.75) is 32.7 Å². The lowest BCUT2D eigenvalue weighted by molar-refractivity contribution is 0.387. The molecule has 1 aliphatic carbocycles. The van der Waals surface area contributed by atoms with E-state index in [1.165, 1.54) is 18.5 Å². The van der Waals surface area contributed by atoms with Gasteiger partial charge in [0.25, 0.3) is 0 Å². The smallest absolute Gasteiger partial charge is 0.0340 e. The summed E-state index contributed by atoms with van der Waals surface area (Å²) in [6.45, 7) is 6.70. The van der Waals surface area contributed by atoms with E-state index in [1.54, 1.807) is 0 Å². The van der Waals surface area contributed by atoms with Gasteiger partial charge in [0.1, 0.15) is 0 Å². The minimum atomic E-state index is 0.576. The third-order valence-corrected chi connectivity index (χ3v) is 3.76. The van der Waals surface area contributed by atoms with Crippen LogP contribution in [0, 0.1) is 5.41 Å². The van der Waals surface area contributed by atoms with E-state index in [1.807, 2.05) is 6.07 Å². The standard InChI is InChI=1S/C14H22N2/c1-12(14(2)8-9-14)15-10-11-16-13-6-4-3-5-7-13/h3-7,12,15-16H,8-11H2,1-2H3. The predicted octanol–water partition coefficient (Wildman–Crippen LogP) is 2.88. The third-order valence-electron chi connectivity index (χ3n) is 3.76. The van der Waals surface area contributed by atoms with Crippen LogP contribution in [-0.2, 0) is 0 Å². The van der Waals surface area contributed by atoms with Crippen molar-refractivity contribution >= 4 is 5.69 Å². The Morgan fingerprint density at radius 2 is 1.88 bits per heavy atom. The van der Waals surface area contributed by atoms with Crippen LogP contribution in [0.2, 0.25) is 0 Å². The van der Waals surface area contributed by atoms with Gasteiger partial charge in [-0.15, -0.1) is 0 Å². The summed E-state index contributed by atoms with van der Waals surface area (Å²) < 4.78 is 0. The van der Waals surface area contributed by atoms with Gasteiger partial charge in [0, 0.05) is 24.8 Å². The van der Waals surface area contributed by atoms with Crippen molar-refractivity contribution in [3.05, 3.63) is 30.3 Å². The highest BCUT2D eigenvalue weighted by atomic mass is 15.0. The molecule has 2 N–H and O–H groups in total. The molecule has 2 heteroatoms. The van der Waals surface area contributed by atoms with Gasteiger partial charge < -0.3 is 10.6 Å². The Kier molecular flexibility index (Phi) is 3.49. The van der Waals surface area contributed by atoms with Gasteiger partial charge in [0.05, 0.1) is 0 Å². The SMILES string of the molecule is CC(NCCNc1ccccc1)C1(C)CC1. The van der Waals surface area contributed by atoms with Gasteiger partial charge >= 0.3 is 0 Å². The van der Waals surface area contributed by atoms with E-state index in [9.17, 15) is 0 Å². The van der Waals surface area contributed by atoms with Gasteiger partial charge in [0.2, 0.25) is 0 Å². The first kappa shape index (κ1) is 11.5. The van der Waals surface area contributed by atoms with E-state index in [0.29, 0.717) is 11.5 Å². The van der Waals surface area contributed by atoms with Crippen LogP contribution in [0.15, 0.2) is 30.3 Å². The molecule has 0 heterocycles. The summed E-state index contributed by atoms with van der Waals surface area (Å²) in [5.41, 5.74) is 1.78. The van der Waals surface area contributed by atoms with Crippen LogP contribution in [-0.4, -0.2) is 19.1 Å². The maximum atomic E-state index is 3.59. The Labute approximate surface area is 98.4 Å². The first-order valence-corrected chi connectivity index (χ1v) is 6.23.